The maximum Gasteiger partial charge on any atom is 0.303 e. The maximum absolute atomic E-state index is 10.5. The second kappa shape index (κ2) is 10.3. The largest absolute Gasteiger partial charge is 0.481 e. The van der Waals surface area contributed by atoms with Crippen molar-refractivity contribution in [1.29, 1.82) is 0 Å². The van der Waals surface area contributed by atoms with Crippen LogP contribution >= 0.6 is 0 Å². The fraction of sp³-hybridized carbons (Fsp3) is 0.917. The third-order valence-electron chi connectivity index (χ3n) is 3.03. The number of carbonyl (C=O) groups is 1. The van der Waals surface area contributed by atoms with Gasteiger partial charge in [-0.1, -0.05) is 0 Å². The highest BCUT2D eigenvalue weighted by atomic mass is 16.4. The summed E-state index contributed by atoms with van der Waals surface area (Å²) in [4.78, 5) is 12.8. The molecule has 4 N–H and O–H groups in total. The van der Waals surface area contributed by atoms with Crippen molar-refractivity contribution in [3.63, 3.8) is 0 Å². The van der Waals surface area contributed by atoms with Crippen LogP contribution in [0.25, 0.3) is 0 Å². The molecule has 0 spiro atoms. The first kappa shape index (κ1) is 15.4. The minimum Gasteiger partial charge on any atom is -0.481 e. The number of nitrogens with zero attached hydrogens (tertiary/aromatic N) is 1. The molecule has 0 radical (unpaired) electrons. The number of hydrogen-bond acceptors (Lipinski definition) is 5. The average molecular weight is 258 g/mol. The first-order chi connectivity index (χ1) is 8.79. The van der Waals surface area contributed by atoms with Gasteiger partial charge in [0.05, 0.1) is 0 Å². The van der Waals surface area contributed by atoms with Gasteiger partial charge < -0.3 is 26.0 Å². The molecule has 0 aromatic rings. The van der Waals surface area contributed by atoms with Crippen molar-refractivity contribution in [2.24, 2.45) is 0 Å². The molecule has 0 aromatic carbocycles. The van der Waals surface area contributed by atoms with Crippen LogP contribution in [0.15, 0.2) is 0 Å². The van der Waals surface area contributed by atoms with E-state index in [4.69, 9.17) is 5.11 Å². The summed E-state index contributed by atoms with van der Waals surface area (Å²) in [5, 5.41) is 18.8. The topological polar surface area (TPSA) is 76.6 Å². The summed E-state index contributed by atoms with van der Waals surface area (Å²) in [6.45, 7) is 8.76. The first-order valence-corrected chi connectivity index (χ1v) is 6.85. The van der Waals surface area contributed by atoms with Gasteiger partial charge in [0, 0.05) is 58.8 Å². The molecule has 0 unspecified atom stereocenters. The van der Waals surface area contributed by atoms with E-state index in [-0.39, 0.29) is 6.42 Å². The van der Waals surface area contributed by atoms with Crippen LogP contribution in [0, 0.1) is 0 Å². The van der Waals surface area contributed by atoms with Crippen molar-refractivity contribution in [2.45, 2.75) is 12.8 Å². The van der Waals surface area contributed by atoms with Gasteiger partial charge in [-0.3, -0.25) is 4.79 Å². The van der Waals surface area contributed by atoms with Crippen molar-refractivity contribution in [3.05, 3.63) is 0 Å². The summed E-state index contributed by atoms with van der Waals surface area (Å²) in [5.74, 6) is -0.702. The van der Waals surface area contributed by atoms with Gasteiger partial charge >= 0.3 is 5.97 Å². The SMILES string of the molecule is O=C(O)CCCN1CCNCCNCCNCC1. The van der Waals surface area contributed by atoms with Crippen LogP contribution in [-0.4, -0.2) is 74.9 Å². The third kappa shape index (κ3) is 8.41. The Morgan fingerprint density at radius 3 is 1.94 bits per heavy atom. The van der Waals surface area contributed by atoms with E-state index in [1.54, 1.807) is 0 Å². The molecule has 18 heavy (non-hydrogen) atoms. The molecule has 0 atom stereocenters. The number of carboxylic acid groups (broad SMARTS) is 1. The third-order valence-corrected chi connectivity index (χ3v) is 3.03. The lowest BCUT2D eigenvalue weighted by atomic mass is 10.3. The Hall–Kier alpha value is -0.690. The highest BCUT2D eigenvalue weighted by molar-refractivity contribution is 5.66. The summed E-state index contributed by atoms with van der Waals surface area (Å²) in [7, 11) is 0. The number of hydrogen-bond donors (Lipinski definition) is 4. The lowest BCUT2D eigenvalue weighted by Gasteiger charge is -2.23. The zero-order chi connectivity index (χ0) is 13.1. The Bertz CT molecular complexity index is 214. The van der Waals surface area contributed by atoms with Crippen molar-refractivity contribution in [1.82, 2.24) is 20.9 Å². The molecule has 0 aromatic heterocycles. The Balaban J connectivity index is 2.20. The molecule has 0 bridgehead atoms. The van der Waals surface area contributed by atoms with Crippen LogP contribution in [0.5, 0.6) is 0 Å². The van der Waals surface area contributed by atoms with Crippen LogP contribution < -0.4 is 16.0 Å². The summed E-state index contributed by atoms with van der Waals surface area (Å²) < 4.78 is 0. The normalized spacial score (nSPS) is 20.9. The molecular formula is C12H26N4O2. The van der Waals surface area contributed by atoms with Crippen LogP contribution in [0.1, 0.15) is 12.8 Å². The minimum atomic E-state index is -0.702. The van der Waals surface area contributed by atoms with Gasteiger partial charge in [-0.2, -0.15) is 0 Å². The lowest BCUT2D eigenvalue weighted by Crippen LogP contribution is -2.42. The van der Waals surface area contributed by atoms with Gasteiger partial charge in [-0.15, -0.1) is 0 Å². The monoisotopic (exact) mass is 258 g/mol. The molecule has 0 saturated carbocycles. The zero-order valence-corrected chi connectivity index (χ0v) is 11.1. The van der Waals surface area contributed by atoms with E-state index in [0.29, 0.717) is 0 Å². The Labute approximate surface area is 109 Å². The van der Waals surface area contributed by atoms with E-state index in [9.17, 15) is 4.79 Å². The van der Waals surface area contributed by atoms with Crippen LogP contribution in [0.4, 0.5) is 0 Å². The van der Waals surface area contributed by atoms with Gasteiger partial charge in [0.15, 0.2) is 0 Å². The van der Waals surface area contributed by atoms with E-state index in [1.807, 2.05) is 0 Å². The van der Waals surface area contributed by atoms with Crippen LogP contribution in [0.3, 0.4) is 0 Å². The predicted octanol–water partition coefficient (Wildman–Crippen LogP) is -1.06. The molecular weight excluding hydrogens is 232 g/mol. The van der Waals surface area contributed by atoms with E-state index in [0.717, 1.165) is 65.3 Å². The van der Waals surface area contributed by atoms with E-state index in [2.05, 4.69) is 20.9 Å². The Kier molecular flexibility index (Phi) is 8.75. The first-order valence-electron chi connectivity index (χ1n) is 6.85. The van der Waals surface area contributed by atoms with Gasteiger partial charge in [-0.25, -0.2) is 0 Å². The Morgan fingerprint density at radius 1 is 0.944 bits per heavy atom. The van der Waals surface area contributed by atoms with Crippen molar-refractivity contribution in [3.8, 4) is 0 Å². The number of nitrogens with one attached hydrogen (secondary N) is 3. The molecule has 1 aliphatic heterocycles. The summed E-state index contributed by atoms with van der Waals surface area (Å²) in [6.07, 6.45) is 0.998. The quantitative estimate of drug-likeness (QED) is 0.515. The molecule has 1 aliphatic rings. The molecule has 6 nitrogen and oxygen atoms in total. The number of aliphatic carboxylic acids is 1. The molecule has 6 heteroatoms. The molecule has 1 rings (SSSR count). The fourth-order valence-electron chi connectivity index (χ4n) is 1.99. The van der Waals surface area contributed by atoms with E-state index >= 15 is 0 Å². The van der Waals surface area contributed by atoms with Crippen LogP contribution in [-0.2, 0) is 4.79 Å². The van der Waals surface area contributed by atoms with Gasteiger partial charge in [0.1, 0.15) is 0 Å². The van der Waals surface area contributed by atoms with Crippen molar-refractivity contribution in [2.75, 3.05) is 58.9 Å². The lowest BCUT2D eigenvalue weighted by molar-refractivity contribution is -0.137. The molecule has 0 aliphatic carbocycles. The van der Waals surface area contributed by atoms with Crippen molar-refractivity contribution < 1.29 is 9.90 Å². The fourth-order valence-corrected chi connectivity index (χ4v) is 1.99. The molecule has 1 heterocycles. The minimum absolute atomic E-state index is 0.265. The predicted molar refractivity (Wildman–Crippen MR) is 71.9 cm³/mol. The average Bonchev–Trinajstić information content (AvgIpc) is 2.31. The Morgan fingerprint density at radius 2 is 1.44 bits per heavy atom. The standard InChI is InChI=1S/C12H26N4O2/c17-12(18)2-1-9-16-10-7-14-5-3-13-4-6-15-8-11-16/h13-15H,1-11H2,(H,17,18). The second-order valence-electron chi connectivity index (χ2n) is 4.59. The van der Waals surface area contributed by atoms with Gasteiger partial charge in [0.2, 0.25) is 0 Å². The molecule has 1 saturated heterocycles. The molecule has 0 amide bonds. The summed E-state index contributed by atoms with van der Waals surface area (Å²) in [5.41, 5.74) is 0. The van der Waals surface area contributed by atoms with Crippen LogP contribution in [0.2, 0.25) is 0 Å². The van der Waals surface area contributed by atoms with Crippen molar-refractivity contribution >= 4 is 5.97 Å². The summed E-state index contributed by atoms with van der Waals surface area (Å²) >= 11 is 0. The highest BCUT2D eigenvalue weighted by Crippen LogP contribution is 1.95. The number of carboxylic acids is 1. The molecule has 106 valence electrons. The van der Waals surface area contributed by atoms with Gasteiger partial charge in [0.25, 0.3) is 0 Å². The van der Waals surface area contributed by atoms with Gasteiger partial charge in [-0.05, 0) is 13.0 Å². The number of rotatable bonds is 4. The van der Waals surface area contributed by atoms with E-state index in [1.165, 1.54) is 0 Å². The highest BCUT2D eigenvalue weighted by Gasteiger charge is 2.06. The zero-order valence-electron chi connectivity index (χ0n) is 11.1. The second-order valence-corrected chi connectivity index (χ2v) is 4.59. The molecule has 1 fully saturated rings. The maximum atomic E-state index is 10.5. The summed E-state index contributed by atoms with van der Waals surface area (Å²) in [6, 6.07) is 0. The van der Waals surface area contributed by atoms with E-state index < -0.39 is 5.97 Å². The smallest absolute Gasteiger partial charge is 0.303 e.